The van der Waals surface area contributed by atoms with Gasteiger partial charge in [-0.1, -0.05) is 68.0 Å². The molecule has 12 rings (SSSR count). The molecule has 4 aliphatic carbocycles. The molecule has 27 heteroatoms. The molecular weight excluding hydrogens is 1380 g/mol. The number of pyridine rings is 1. The van der Waals surface area contributed by atoms with E-state index in [0.29, 0.717) is 110 Å². The molecule has 26 nitrogen and oxygen atoms in total. The lowest BCUT2D eigenvalue weighted by molar-refractivity contribution is -0.870. The predicted octanol–water partition coefficient (Wildman–Crippen LogP) is 10.3. The number of Topliss-reactive ketones (excluding diaryl/α,β-unsaturated/α-hetero) is 1. The molecule has 6 aliphatic rings. The number of thiazole rings is 1. The van der Waals surface area contributed by atoms with Gasteiger partial charge in [-0.15, -0.1) is 0 Å². The normalized spacial score (nSPS) is 20.6. The molecule has 2 aliphatic heterocycles. The highest BCUT2D eigenvalue weighted by molar-refractivity contribution is 7.22. The zero-order valence-electron chi connectivity index (χ0n) is 62.6. The number of rotatable bonds is 37. The highest BCUT2D eigenvalue weighted by Crippen LogP contribution is 2.72. The minimum absolute atomic E-state index is 0.00748. The Labute approximate surface area is 628 Å². The van der Waals surface area contributed by atoms with Crippen molar-refractivity contribution in [3.8, 4) is 11.1 Å². The number of para-hydroxylation sites is 1. The molecule has 0 saturated heterocycles. The van der Waals surface area contributed by atoms with E-state index in [1.54, 1.807) is 42.4 Å². The standard InChI is InChI=1S/C80H101N13O13S/c1-52-60(58-29-30-65(87-70(58)74(102)103)90-37-34-54-18-15-20-59(61(54)43-90)71(99)88-76-86-62-21-10-11-23-64(62)107-76)42-83-92(52)51-79-46-77(2)45-78(3,47-79)49-80(48-77,50-79)106-40-38-89(4)73(101)55(17-12-14-39-93(5,6)7)41-69(98)105-44-53-24-26-56(27-25-53)84-72(100)63(22-16-35-82-75(81)104)85-66(95)31-28-57(94)19-9-8-13-36-91-67(96)32-33-68(91)97/h10-11,15,18,20-21,23-27,29-30,32-33,42,55,63H,8-9,12-14,16-17,19,22,28,31,34-41,43-51H2,1-7H3,(H6-,81,82,84,85,86,88,95,99,100,102,103,104)/p+1/t55-,63+,77?,78?,79?,80?/m1/s1. The number of aromatic carboxylic acids is 1. The second-order valence-corrected chi connectivity index (χ2v) is 33.1. The van der Waals surface area contributed by atoms with Gasteiger partial charge in [0.1, 0.15) is 24.2 Å². The summed E-state index contributed by atoms with van der Waals surface area (Å²) in [6.45, 7) is 10.2. The highest BCUT2D eigenvalue weighted by atomic mass is 32.1. The molecule has 5 heterocycles. The third-order valence-electron chi connectivity index (χ3n) is 21.7. The van der Waals surface area contributed by atoms with Crippen LogP contribution in [0, 0.1) is 29.1 Å². The Morgan fingerprint density at radius 1 is 0.785 bits per heavy atom. The van der Waals surface area contributed by atoms with Gasteiger partial charge in [0.2, 0.25) is 17.7 Å². The molecule has 3 aromatic carbocycles. The van der Waals surface area contributed by atoms with Crippen molar-refractivity contribution in [2.75, 3.05) is 83.1 Å². The lowest BCUT2D eigenvalue weighted by atomic mass is 9.39. The predicted molar refractivity (Wildman–Crippen MR) is 406 cm³/mol. The molecule has 0 radical (unpaired) electrons. The number of urea groups is 1. The Hall–Kier alpha value is -9.73. The molecule has 7 N–H and O–H groups in total. The maximum atomic E-state index is 14.6. The van der Waals surface area contributed by atoms with E-state index < -0.39 is 47.3 Å². The molecule has 4 bridgehead atoms. The maximum absolute atomic E-state index is 14.6. The van der Waals surface area contributed by atoms with Crippen molar-refractivity contribution < 1.29 is 67.0 Å². The second kappa shape index (κ2) is 33.6. The molecule has 3 aromatic heterocycles. The van der Waals surface area contributed by atoms with Crippen LogP contribution in [0.3, 0.4) is 0 Å². The SMILES string of the molecule is Cc1c(-c2ccc(N3CCc4cccc(C(=O)Nc5nc6ccccc6s5)c4C3)nc2C(=O)O)cnn1CC12CC3(C)CC(C)(C1)CC(OCCN(C)C(=O)[C@H](CCCC[N+](C)(C)C)CC(=O)OCc1ccc(NC(=O)[C@H](CCCNC(N)=O)NC(=O)CCC(=O)CCCCCN4C(=O)C=CC4=O)cc1)(C3)C2. The van der Waals surface area contributed by atoms with Crippen molar-refractivity contribution in [1.29, 1.82) is 0 Å². The van der Waals surface area contributed by atoms with E-state index in [9.17, 15) is 53.1 Å². The van der Waals surface area contributed by atoms with Gasteiger partial charge in [0.05, 0.1) is 62.7 Å². The van der Waals surface area contributed by atoms with Crippen LogP contribution in [-0.2, 0) is 69.2 Å². The number of carboxylic acids is 1. The molecular formula is C80H102N13O13S+. The number of anilines is 3. The monoisotopic (exact) mass is 1480 g/mol. The first-order valence-corrected chi connectivity index (χ1v) is 38.2. The van der Waals surface area contributed by atoms with Gasteiger partial charge in [0, 0.05) is 112 Å². The molecule has 4 saturated carbocycles. The summed E-state index contributed by atoms with van der Waals surface area (Å²) in [6.07, 6.45) is 14.7. The molecule has 107 heavy (non-hydrogen) atoms. The summed E-state index contributed by atoms with van der Waals surface area (Å²) in [5.41, 5.74) is 10.8. The van der Waals surface area contributed by atoms with Crippen LogP contribution in [0.25, 0.3) is 21.3 Å². The Balaban J connectivity index is 0.674. The number of carbonyl (C=O) groups excluding carboxylic acids is 9. The van der Waals surface area contributed by atoms with Crippen LogP contribution in [0.2, 0.25) is 0 Å². The summed E-state index contributed by atoms with van der Waals surface area (Å²) < 4.78 is 16.7. The van der Waals surface area contributed by atoms with E-state index in [0.717, 1.165) is 94.3 Å². The van der Waals surface area contributed by atoms with Crippen molar-refractivity contribution in [3.63, 3.8) is 0 Å². The maximum Gasteiger partial charge on any atom is 0.355 e. The third-order valence-corrected chi connectivity index (χ3v) is 22.6. The van der Waals surface area contributed by atoms with Crippen molar-refractivity contribution >= 4 is 97.4 Å². The second-order valence-electron chi connectivity index (χ2n) is 32.0. The van der Waals surface area contributed by atoms with Gasteiger partial charge in [-0.2, -0.15) is 5.10 Å². The van der Waals surface area contributed by atoms with Crippen molar-refractivity contribution in [1.82, 2.24) is 40.2 Å². The van der Waals surface area contributed by atoms with E-state index in [1.165, 1.54) is 23.5 Å². The summed E-state index contributed by atoms with van der Waals surface area (Å²) in [7, 11) is 8.13. The fourth-order valence-corrected chi connectivity index (χ4v) is 18.6. The number of primary amides is 1. The van der Waals surface area contributed by atoms with Crippen LogP contribution < -0.4 is 31.9 Å². The number of hydrogen-bond acceptors (Lipinski definition) is 17. The first kappa shape index (κ1) is 78.3. The van der Waals surface area contributed by atoms with Crippen LogP contribution in [0.15, 0.2) is 97.2 Å². The number of imide groups is 1. The number of aromatic nitrogens is 4. The number of quaternary nitrogens is 1. The summed E-state index contributed by atoms with van der Waals surface area (Å²) >= 11 is 1.42. The van der Waals surface area contributed by atoms with Crippen LogP contribution >= 0.6 is 11.3 Å². The molecule has 8 amide bonds. The smallest absolute Gasteiger partial charge is 0.355 e. The fraction of sp³-hybridized carbons (Fsp3) is 0.512. The van der Waals surface area contributed by atoms with Gasteiger partial charge in [0.25, 0.3) is 17.7 Å². The number of carbonyl (C=O) groups is 10. The minimum Gasteiger partial charge on any atom is -0.476 e. The number of esters is 1. The molecule has 6 aromatic rings. The van der Waals surface area contributed by atoms with E-state index in [-0.39, 0.29) is 103 Å². The minimum atomic E-state index is -1.16. The first-order chi connectivity index (χ1) is 50.9. The number of ketones is 1. The molecule has 2 unspecified atom stereocenters. The largest absolute Gasteiger partial charge is 0.476 e. The summed E-state index contributed by atoms with van der Waals surface area (Å²) in [5.74, 6) is -4.10. The summed E-state index contributed by atoms with van der Waals surface area (Å²) in [6, 6.07) is 22.1. The number of likely N-dealkylation sites (N-methyl/N-ethyl adjacent to an activating group) is 1. The Kier molecular flexibility index (Phi) is 24.6. The molecule has 0 spiro atoms. The highest BCUT2D eigenvalue weighted by Gasteiger charge is 2.66. The lowest BCUT2D eigenvalue weighted by Crippen LogP contribution is -2.64. The Bertz CT molecular complexity index is 4300. The molecule has 4 atom stereocenters. The van der Waals surface area contributed by atoms with Gasteiger partial charge in [-0.3, -0.25) is 53.3 Å². The van der Waals surface area contributed by atoms with Gasteiger partial charge < -0.3 is 50.5 Å². The topological polar surface area (TPSA) is 337 Å². The number of unbranched alkanes of at least 4 members (excludes halogenated alkanes) is 3. The van der Waals surface area contributed by atoms with E-state index in [1.807, 2.05) is 71.1 Å². The number of hydrogen-bond donors (Lipinski definition) is 6. The van der Waals surface area contributed by atoms with Gasteiger partial charge >= 0.3 is 18.0 Å². The number of nitrogens with zero attached hydrogens (tertiary/aromatic N) is 8. The lowest BCUT2D eigenvalue weighted by Gasteiger charge is -2.69. The van der Waals surface area contributed by atoms with Gasteiger partial charge in [-0.25, -0.2) is 19.6 Å². The van der Waals surface area contributed by atoms with Gasteiger partial charge in [-0.05, 0) is 172 Å². The zero-order chi connectivity index (χ0) is 76.4. The van der Waals surface area contributed by atoms with Crippen molar-refractivity contribution in [2.24, 2.45) is 27.9 Å². The number of benzene rings is 3. The zero-order valence-corrected chi connectivity index (χ0v) is 63.4. The number of nitrogens with two attached hydrogens (primary N) is 1. The fourth-order valence-electron chi connectivity index (χ4n) is 17.7. The van der Waals surface area contributed by atoms with E-state index in [2.05, 4.69) is 61.2 Å². The number of nitrogens with one attached hydrogen (secondary N) is 4. The number of fused-ring (bicyclic) bond motifs is 2. The van der Waals surface area contributed by atoms with Crippen LogP contribution in [-0.4, -0.2) is 177 Å². The third kappa shape index (κ3) is 20.1. The average Bonchev–Trinajstić information content (AvgIpc) is 1.51. The number of ether oxygens (including phenoxy) is 2. The van der Waals surface area contributed by atoms with Crippen molar-refractivity contribution in [2.45, 2.75) is 174 Å². The summed E-state index contributed by atoms with van der Waals surface area (Å²) in [4.78, 5) is 144. The van der Waals surface area contributed by atoms with E-state index in [4.69, 9.17) is 25.3 Å². The van der Waals surface area contributed by atoms with Crippen LogP contribution in [0.4, 0.5) is 21.4 Å². The molecule has 570 valence electrons. The van der Waals surface area contributed by atoms with Gasteiger partial charge in [0.15, 0.2) is 10.8 Å². The Morgan fingerprint density at radius 2 is 1.53 bits per heavy atom. The quantitative estimate of drug-likeness (QED) is 0.00913. The molecule has 4 fully saturated rings. The summed E-state index contributed by atoms with van der Waals surface area (Å²) in [5, 5.41) is 27.3. The average molecular weight is 1490 g/mol. The number of carboxylic acid groups (broad SMARTS) is 1. The Morgan fingerprint density at radius 3 is 2.25 bits per heavy atom. The first-order valence-electron chi connectivity index (χ1n) is 37.4. The number of amides is 8. The van der Waals surface area contributed by atoms with Crippen LogP contribution in [0.1, 0.15) is 173 Å². The van der Waals surface area contributed by atoms with Crippen LogP contribution in [0.5, 0.6) is 0 Å². The van der Waals surface area contributed by atoms with Crippen molar-refractivity contribution in [3.05, 3.63) is 131 Å². The van der Waals surface area contributed by atoms with E-state index >= 15 is 0 Å².